The van der Waals surface area contributed by atoms with Gasteiger partial charge < -0.3 is 19.7 Å². The fraction of sp³-hybridized carbons (Fsp3) is 0.278. The number of carbonyl (C=O) groups excluding carboxylic acids is 2. The predicted octanol–water partition coefficient (Wildman–Crippen LogP) is 6.32. The molecule has 0 heterocycles. The van der Waals surface area contributed by atoms with Crippen LogP contribution >= 0.6 is 0 Å². The molecule has 0 saturated heterocycles. The fourth-order valence-corrected chi connectivity index (χ4v) is 6.06. The van der Waals surface area contributed by atoms with Gasteiger partial charge in [0.15, 0.2) is 0 Å². The van der Waals surface area contributed by atoms with Gasteiger partial charge in [-0.3, -0.25) is 13.9 Å². The lowest BCUT2D eigenvalue weighted by atomic mass is 10.1. The third-order valence-corrected chi connectivity index (χ3v) is 9.46. The molecule has 0 aliphatic heterocycles. The first kappa shape index (κ1) is 34.1. The van der Waals surface area contributed by atoms with E-state index in [0.29, 0.717) is 17.2 Å². The molecule has 0 aliphatic rings. The number of carbonyl (C=O) groups is 2. The predicted molar refractivity (Wildman–Crippen MR) is 180 cm³/mol. The molecule has 2 atom stereocenters. The van der Waals surface area contributed by atoms with Gasteiger partial charge in [-0.15, -0.1) is 0 Å². The molecule has 4 aromatic rings. The van der Waals surface area contributed by atoms with Crippen LogP contribution in [0.2, 0.25) is 0 Å². The van der Waals surface area contributed by atoms with E-state index in [0.717, 1.165) is 21.9 Å². The van der Waals surface area contributed by atoms with Crippen LogP contribution in [0.5, 0.6) is 17.2 Å². The molecule has 0 aliphatic carbocycles. The topological polar surface area (TPSA) is 105 Å². The number of nitrogens with one attached hydrogen (secondary N) is 1. The minimum Gasteiger partial charge on any atom is -0.497 e. The normalized spacial score (nSPS) is 12.5. The van der Waals surface area contributed by atoms with Crippen molar-refractivity contribution in [1.29, 1.82) is 0 Å². The Morgan fingerprint density at radius 3 is 1.98 bits per heavy atom. The van der Waals surface area contributed by atoms with Crippen molar-refractivity contribution in [2.45, 2.75) is 57.6 Å². The second-order valence-corrected chi connectivity index (χ2v) is 13.0. The minimum atomic E-state index is -4.19. The number of amides is 2. The molecule has 0 aromatic heterocycles. The van der Waals surface area contributed by atoms with E-state index in [-0.39, 0.29) is 29.1 Å². The zero-order chi connectivity index (χ0) is 33.3. The van der Waals surface area contributed by atoms with Gasteiger partial charge in [0.1, 0.15) is 29.8 Å². The maximum absolute atomic E-state index is 14.2. The van der Waals surface area contributed by atoms with Gasteiger partial charge in [0.2, 0.25) is 11.8 Å². The first-order valence-corrected chi connectivity index (χ1v) is 16.6. The minimum absolute atomic E-state index is 0.0415. The number of anilines is 1. The summed E-state index contributed by atoms with van der Waals surface area (Å²) in [5, 5.41) is 2.94. The van der Waals surface area contributed by atoms with Gasteiger partial charge >= 0.3 is 0 Å². The smallest absolute Gasteiger partial charge is 0.264 e. The van der Waals surface area contributed by atoms with Crippen LogP contribution in [0, 0.1) is 6.92 Å². The molecule has 46 heavy (non-hydrogen) atoms. The standard InChI is InChI=1S/C36H41N3O6S/c1-6-27(3)37-36(41)28(4)38(24-29-14-18-31(44-5)19-15-29)35(40)25-39(46(42,43)34-22-12-26(2)13-23-34)30-16-20-33(21-17-30)45-32-10-8-7-9-11-32/h7-23,27-28H,6,24-25H2,1-5H3,(H,37,41)/t27-,28-/m1/s1. The van der Waals surface area contributed by atoms with Crippen molar-refractivity contribution < 1.29 is 27.5 Å². The molecule has 4 rings (SSSR count). The SMILES string of the molecule is CC[C@@H](C)NC(=O)[C@@H](C)N(Cc1ccc(OC)cc1)C(=O)CN(c1ccc(Oc2ccccc2)cc1)S(=O)(=O)c1ccc(C)cc1. The number of hydrogen-bond acceptors (Lipinski definition) is 6. The van der Waals surface area contributed by atoms with Crippen molar-refractivity contribution >= 4 is 27.5 Å². The van der Waals surface area contributed by atoms with Gasteiger partial charge in [-0.1, -0.05) is 55.0 Å². The highest BCUT2D eigenvalue weighted by molar-refractivity contribution is 7.92. The van der Waals surface area contributed by atoms with Crippen molar-refractivity contribution in [1.82, 2.24) is 10.2 Å². The van der Waals surface area contributed by atoms with Gasteiger partial charge in [-0.25, -0.2) is 8.42 Å². The van der Waals surface area contributed by atoms with Gasteiger partial charge in [0, 0.05) is 12.6 Å². The molecule has 9 nitrogen and oxygen atoms in total. The molecule has 2 amide bonds. The quantitative estimate of drug-likeness (QED) is 0.172. The molecule has 1 N–H and O–H groups in total. The lowest BCUT2D eigenvalue weighted by Gasteiger charge is -2.32. The Labute approximate surface area is 271 Å². The first-order valence-electron chi connectivity index (χ1n) is 15.2. The molecular formula is C36H41N3O6S. The van der Waals surface area contributed by atoms with E-state index >= 15 is 0 Å². The third kappa shape index (κ3) is 8.66. The van der Waals surface area contributed by atoms with Gasteiger partial charge in [0.05, 0.1) is 17.7 Å². The molecule has 242 valence electrons. The first-order chi connectivity index (χ1) is 22.0. The third-order valence-electron chi connectivity index (χ3n) is 7.67. The fourth-order valence-electron chi connectivity index (χ4n) is 4.65. The van der Waals surface area contributed by atoms with Crippen molar-refractivity contribution in [2.24, 2.45) is 0 Å². The Morgan fingerprint density at radius 1 is 0.804 bits per heavy atom. The zero-order valence-corrected chi connectivity index (χ0v) is 27.7. The highest BCUT2D eigenvalue weighted by Gasteiger charge is 2.33. The van der Waals surface area contributed by atoms with E-state index in [2.05, 4.69) is 5.32 Å². The average Bonchev–Trinajstić information content (AvgIpc) is 3.07. The molecule has 0 saturated carbocycles. The number of nitrogens with zero attached hydrogens (tertiary/aromatic N) is 2. The van der Waals surface area contributed by atoms with Crippen molar-refractivity contribution in [3.05, 3.63) is 114 Å². The van der Waals surface area contributed by atoms with E-state index in [4.69, 9.17) is 9.47 Å². The van der Waals surface area contributed by atoms with Crippen LogP contribution in [-0.4, -0.2) is 50.9 Å². The number of sulfonamides is 1. The summed E-state index contributed by atoms with van der Waals surface area (Å²) in [5.41, 5.74) is 1.93. The second kappa shape index (κ2) is 15.4. The lowest BCUT2D eigenvalue weighted by molar-refractivity contribution is -0.139. The van der Waals surface area contributed by atoms with Crippen molar-refractivity contribution in [2.75, 3.05) is 18.0 Å². The molecule has 0 unspecified atom stereocenters. The Bertz CT molecular complexity index is 1690. The number of methoxy groups -OCH3 is 1. The van der Waals surface area contributed by atoms with Gasteiger partial charge in [-0.05, 0) is 93.4 Å². The number of rotatable bonds is 14. The monoisotopic (exact) mass is 643 g/mol. The summed E-state index contributed by atoms with van der Waals surface area (Å²) in [6, 6.07) is 28.4. The second-order valence-electron chi connectivity index (χ2n) is 11.1. The molecule has 4 aromatic carbocycles. The molecule has 0 radical (unpaired) electrons. The molecule has 0 spiro atoms. The molecule has 10 heteroatoms. The summed E-state index contributed by atoms with van der Waals surface area (Å²) < 4.78 is 40.5. The van der Waals surface area contributed by atoms with E-state index < -0.39 is 28.5 Å². The lowest BCUT2D eigenvalue weighted by Crippen LogP contribution is -2.52. The number of ether oxygens (including phenoxy) is 2. The van der Waals surface area contributed by atoms with Crippen LogP contribution in [-0.2, 0) is 26.2 Å². The highest BCUT2D eigenvalue weighted by Crippen LogP contribution is 2.29. The molecular weight excluding hydrogens is 602 g/mol. The highest BCUT2D eigenvalue weighted by atomic mass is 32.2. The number of benzene rings is 4. The number of hydrogen-bond donors (Lipinski definition) is 1. The molecule has 0 bridgehead atoms. The summed E-state index contributed by atoms with van der Waals surface area (Å²) in [6.45, 7) is 6.91. The van der Waals surface area contributed by atoms with Crippen LogP contribution in [0.15, 0.2) is 108 Å². The van der Waals surface area contributed by atoms with Gasteiger partial charge in [-0.2, -0.15) is 0 Å². The van der Waals surface area contributed by atoms with Gasteiger partial charge in [0.25, 0.3) is 10.0 Å². The largest absolute Gasteiger partial charge is 0.497 e. The summed E-state index contributed by atoms with van der Waals surface area (Å²) in [7, 11) is -2.63. The average molecular weight is 644 g/mol. The Morgan fingerprint density at radius 2 is 1.39 bits per heavy atom. The van der Waals surface area contributed by atoms with Crippen molar-refractivity contribution in [3.8, 4) is 17.2 Å². The number of aryl methyl sites for hydroxylation is 1. The Hall–Kier alpha value is -4.83. The van der Waals surface area contributed by atoms with E-state index in [1.165, 1.54) is 17.0 Å². The van der Waals surface area contributed by atoms with Crippen LogP contribution in [0.4, 0.5) is 5.69 Å². The van der Waals surface area contributed by atoms with Crippen LogP contribution in [0.25, 0.3) is 0 Å². The maximum atomic E-state index is 14.2. The summed E-state index contributed by atoms with van der Waals surface area (Å²) in [4.78, 5) is 28.9. The maximum Gasteiger partial charge on any atom is 0.264 e. The number of para-hydroxylation sites is 1. The van der Waals surface area contributed by atoms with Crippen LogP contribution in [0.1, 0.15) is 38.3 Å². The summed E-state index contributed by atoms with van der Waals surface area (Å²) >= 11 is 0. The summed E-state index contributed by atoms with van der Waals surface area (Å²) in [6.07, 6.45) is 0.720. The molecule has 0 fully saturated rings. The van der Waals surface area contributed by atoms with Crippen LogP contribution in [0.3, 0.4) is 0 Å². The van der Waals surface area contributed by atoms with Crippen molar-refractivity contribution in [3.63, 3.8) is 0 Å². The van der Waals surface area contributed by atoms with Crippen LogP contribution < -0.4 is 19.1 Å². The summed E-state index contributed by atoms with van der Waals surface area (Å²) in [5.74, 6) is 0.924. The zero-order valence-electron chi connectivity index (χ0n) is 26.8. The Kier molecular flexibility index (Phi) is 11.4. The van der Waals surface area contributed by atoms with E-state index in [9.17, 15) is 18.0 Å². The Balaban J connectivity index is 1.70. The van der Waals surface area contributed by atoms with E-state index in [1.54, 1.807) is 62.6 Å². The van der Waals surface area contributed by atoms with E-state index in [1.807, 2.05) is 63.2 Å².